The van der Waals surface area contributed by atoms with Crippen molar-refractivity contribution in [1.82, 2.24) is 30.1 Å². The van der Waals surface area contributed by atoms with Gasteiger partial charge in [-0.25, -0.2) is 9.97 Å². The van der Waals surface area contributed by atoms with Crippen molar-refractivity contribution < 1.29 is 9.59 Å². The molecule has 8 nitrogen and oxygen atoms in total. The average molecular weight is 356 g/mol. The van der Waals surface area contributed by atoms with Crippen LogP contribution in [0.5, 0.6) is 0 Å². The minimum absolute atomic E-state index is 0.0513. The Kier molecular flexibility index (Phi) is 4.14. The maximum absolute atomic E-state index is 12.9. The van der Waals surface area contributed by atoms with Gasteiger partial charge in [0.2, 0.25) is 5.91 Å². The Morgan fingerprint density at radius 3 is 2.69 bits per heavy atom. The van der Waals surface area contributed by atoms with Crippen LogP contribution < -0.4 is 10.6 Å². The molecule has 0 aliphatic carbocycles. The number of hydrogen-bond donors (Lipinski definition) is 2. The molecule has 26 heavy (non-hydrogen) atoms. The van der Waals surface area contributed by atoms with E-state index in [1.807, 2.05) is 4.57 Å². The minimum Gasteiger partial charge on any atom is -0.353 e. The first-order chi connectivity index (χ1) is 12.5. The molecule has 2 saturated heterocycles. The summed E-state index contributed by atoms with van der Waals surface area (Å²) in [6, 6.07) is 2.07. The van der Waals surface area contributed by atoms with Crippen LogP contribution in [0.1, 0.15) is 43.1 Å². The third-order valence-corrected chi connectivity index (χ3v) is 5.43. The molecule has 0 radical (unpaired) electrons. The SMILES string of the molecule is CC(C)n1cnc2cc(C(=O)N3CCC4(CC3)NCCNC4=O)cnc21. The van der Waals surface area contributed by atoms with E-state index < -0.39 is 5.54 Å². The Hall–Kier alpha value is -2.48. The van der Waals surface area contributed by atoms with Crippen LogP contribution >= 0.6 is 0 Å². The molecule has 2 aliphatic heterocycles. The maximum atomic E-state index is 12.9. The van der Waals surface area contributed by atoms with Crippen LogP contribution in [0.3, 0.4) is 0 Å². The second-order valence-electron chi connectivity index (χ2n) is 7.37. The Morgan fingerprint density at radius 1 is 1.23 bits per heavy atom. The van der Waals surface area contributed by atoms with Gasteiger partial charge in [0.15, 0.2) is 5.65 Å². The van der Waals surface area contributed by atoms with Crippen molar-refractivity contribution in [3.63, 3.8) is 0 Å². The third-order valence-electron chi connectivity index (χ3n) is 5.43. The van der Waals surface area contributed by atoms with Crippen LogP contribution in [0.25, 0.3) is 11.2 Å². The van der Waals surface area contributed by atoms with E-state index in [9.17, 15) is 9.59 Å². The number of imidazole rings is 1. The van der Waals surface area contributed by atoms with E-state index in [4.69, 9.17) is 0 Å². The number of aromatic nitrogens is 3. The van der Waals surface area contributed by atoms with Gasteiger partial charge in [0.25, 0.3) is 5.91 Å². The molecule has 0 bridgehead atoms. The zero-order valence-corrected chi connectivity index (χ0v) is 15.2. The van der Waals surface area contributed by atoms with Gasteiger partial charge in [-0.1, -0.05) is 0 Å². The zero-order valence-electron chi connectivity index (χ0n) is 15.2. The van der Waals surface area contributed by atoms with E-state index >= 15 is 0 Å². The van der Waals surface area contributed by atoms with Crippen LogP contribution in [-0.2, 0) is 4.79 Å². The van der Waals surface area contributed by atoms with Crippen molar-refractivity contribution in [2.45, 2.75) is 38.3 Å². The summed E-state index contributed by atoms with van der Waals surface area (Å²) in [5.41, 5.74) is 1.54. The van der Waals surface area contributed by atoms with Gasteiger partial charge in [-0.3, -0.25) is 9.59 Å². The van der Waals surface area contributed by atoms with E-state index in [-0.39, 0.29) is 17.9 Å². The molecule has 2 fully saturated rings. The topological polar surface area (TPSA) is 92.2 Å². The predicted octanol–water partition coefficient (Wildman–Crippen LogP) is 0.706. The number of carbonyl (C=O) groups is 2. The number of likely N-dealkylation sites (tertiary alicyclic amines) is 1. The van der Waals surface area contributed by atoms with E-state index in [1.54, 1.807) is 23.5 Å². The van der Waals surface area contributed by atoms with Crippen LogP contribution in [0.15, 0.2) is 18.6 Å². The summed E-state index contributed by atoms with van der Waals surface area (Å²) in [5, 5.41) is 6.27. The molecule has 4 rings (SSSR count). The number of hydrogen-bond acceptors (Lipinski definition) is 5. The third kappa shape index (κ3) is 2.74. The lowest BCUT2D eigenvalue weighted by Gasteiger charge is -2.43. The molecule has 138 valence electrons. The molecule has 4 heterocycles. The van der Waals surface area contributed by atoms with E-state index in [0.29, 0.717) is 38.0 Å². The van der Waals surface area contributed by atoms with Crippen LogP contribution in [0.2, 0.25) is 0 Å². The molecule has 0 unspecified atom stereocenters. The second-order valence-corrected chi connectivity index (χ2v) is 7.37. The highest BCUT2D eigenvalue weighted by molar-refractivity contribution is 5.96. The molecule has 2 aromatic rings. The van der Waals surface area contributed by atoms with Gasteiger partial charge in [-0.15, -0.1) is 0 Å². The summed E-state index contributed by atoms with van der Waals surface area (Å²) in [5.74, 6) is 0.00252. The molecule has 0 saturated carbocycles. The Bertz CT molecular complexity index is 850. The van der Waals surface area contributed by atoms with Gasteiger partial charge in [-0.05, 0) is 32.8 Å². The first-order valence-corrected chi connectivity index (χ1v) is 9.15. The standard InChI is InChI=1S/C18H24N6O2/c1-12(2)24-11-21-14-9-13(10-20-15(14)24)16(25)23-7-3-18(4-8-23)17(26)19-5-6-22-18/h9-12,22H,3-8H2,1-2H3,(H,19,26). The lowest BCUT2D eigenvalue weighted by molar-refractivity contribution is -0.131. The number of nitrogens with zero attached hydrogens (tertiary/aromatic N) is 4. The first-order valence-electron chi connectivity index (χ1n) is 9.15. The van der Waals surface area contributed by atoms with Gasteiger partial charge >= 0.3 is 0 Å². The minimum atomic E-state index is -0.521. The number of piperidine rings is 1. The van der Waals surface area contributed by atoms with E-state index in [0.717, 1.165) is 17.7 Å². The van der Waals surface area contributed by atoms with E-state index in [2.05, 4.69) is 34.4 Å². The summed E-state index contributed by atoms with van der Waals surface area (Å²) in [6.07, 6.45) is 4.64. The quantitative estimate of drug-likeness (QED) is 0.827. The highest BCUT2D eigenvalue weighted by atomic mass is 16.2. The number of rotatable bonds is 2. The molecule has 2 aromatic heterocycles. The highest BCUT2D eigenvalue weighted by Crippen LogP contribution is 2.25. The molecule has 2 aliphatic rings. The summed E-state index contributed by atoms with van der Waals surface area (Å²) < 4.78 is 1.99. The number of carbonyl (C=O) groups excluding carboxylic acids is 2. The number of amides is 2. The molecule has 1 spiro atoms. The molecule has 8 heteroatoms. The first kappa shape index (κ1) is 17.0. The van der Waals surface area contributed by atoms with Crippen molar-refractivity contribution >= 4 is 23.0 Å². The van der Waals surface area contributed by atoms with Crippen molar-refractivity contribution in [2.24, 2.45) is 0 Å². The summed E-state index contributed by atoms with van der Waals surface area (Å²) in [6.45, 7) is 6.69. The highest BCUT2D eigenvalue weighted by Gasteiger charge is 2.43. The molecular formula is C18H24N6O2. The molecule has 2 N–H and O–H groups in total. The zero-order chi connectivity index (χ0) is 18.3. The summed E-state index contributed by atoms with van der Waals surface area (Å²) >= 11 is 0. The van der Waals surface area contributed by atoms with Gasteiger partial charge in [0.05, 0.1) is 11.9 Å². The van der Waals surface area contributed by atoms with Crippen LogP contribution in [-0.4, -0.2) is 63.0 Å². The fourth-order valence-corrected chi connectivity index (χ4v) is 3.82. The van der Waals surface area contributed by atoms with Crippen molar-refractivity contribution in [1.29, 1.82) is 0 Å². The molecule has 0 aromatic carbocycles. The second kappa shape index (κ2) is 6.35. The Labute approximate surface area is 152 Å². The van der Waals surface area contributed by atoms with Gasteiger partial charge in [0, 0.05) is 38.4 Å². The smallest absolute Gasteiger partial charge is 0.255 e. The maximum Gasteiger partial charge on any atom is 0.255 e. The largest absolute Gasteiger partial charge is 0.353 e. The van der Waals surface area contributed by atoms with Gasteiger partial charge in [0.1, 0.15) is 11.1 Å². The summed E-state index contributed by atoms with van der Waals surface area (Å²) in [4.78, 5) is 35.7. The molecule has 2 amide bonds. The monoisotopic (exact) mass is 356 g/mol. The fraction of sp³-hybridized carbons (Fsp3) is 0.556. The normalized spacial score (nSPS) is 20.0. The van der Waals surface area contributed by atoms with Gasteiger partial charge < -0.3 is 20.1 Å². The lowest BCUT2D eigenvalue weighted by Crippen LogP contribution is -2.66. The fourth-order valence-electron chi connectivity index (χ4n) is 3.82. The number of piperazine rings is 1. The van der Waals surface area contributed by atoms with E-state index in [1.165, 1.54) is 0 Å². The van der Waals surface area contributed by atoms with Crippen molar-refractivity contribution in [3.8, 4) is 0 Å². The van der Waals surface area contributed by atoms with Gasteiger partial charge in [-0.2, -0.15) is 0 Å². The Balaban J connectivity index is 1.50. The van der Waals surface area contributed by atoms with Crippen LogP contribution in [0.4, 0.5) is 0 Å². The lowest BCUT2D eigenvalue weighted by atomic mass is 9.85. The number of pyridine rings is 1. The van der Waals surface area contributed by atoms with Crippen molar-refractivity contribution in [2.75, 3.05) is 26.2 Å². The summed E-state index contributed by atoms with van der Waals surface area (Å²) in [7, 11) is 0. The van der Waals surface area contributed by atoms with Crippen LogP contribution in [0, 0.1) is 0 Å². The molecule has 0 atom stereocenters. The Morgan fingerprint density at radius 2 is 2.00 bits per heavy atom. The number of fused-ring (bicyclic) bond motifs is 1. The predicted molar refractivity (Wildman–Crippen MR) is 96.8 cm³/mol. The average Bonchev–Trinajstić information content (AvgIpc) is 3.08. The molecular weight excluding hydrogens is 332 g/mol. The van der Waals surface area contributed by atoms with Crippen molar-refractivity contribution in [3.05, 3.63) is 24.2 Å². The number of nitrogens with one attached hydrogen (secondary N) is 2.